The quantitative estimate of drug-likeness (QED) is 0.894. The molecule has 5 nitrogen and oxygen atoms in total. The fourth-order valence-electron chi connectivity index (χ4n) is 2.48. The summed E-state index contributed by atoms with van der Waals surface area (Å²) in [6.07, 6.45) is 2.38. The molecule has 0 radical (unpaired) electrons. The van der Waals surface area contributed by atoms with Crippen molar-refractivity contribution in [2.45, 2.75) is 26.2 Å². The molecule has 20 heavy (non-hydrogen) atoms. The van der Waals surface area contributed by atoms with Crippen molar-refractivity contribution in [2.24, 2.45) is 5.92 Å². The van der Waals surface area contributed by atoms with Crippen LogP contribution >= 0.6 is 11.3 Å². The molecule has 0 spiro atoms. The molecule has 0 fully saturated rings. The Hall–Kier alpha value is -1.74. The predicted octanol–water partition coefficient (Wildman–Crippen LogP) is 2.51. The summed E-state index contributed by atoms with van der Waals surface area (Å²) >= 11 is 1.65. The number of hydrogen-bond acceptors (Lipinski definition) is 5. The van der Waals surface area contributed by atoms with Gasteiger partial charge in [-0.2, -0.15) is 5.26 Å². The van der Waals surface area contributed by atoms with Gasteiger partial charge in [0, 0.05) is 18.5 Å². The molecule has 1 amide bonds. The molecular weight excluding hydrogens is 274 g/mol. The fourth-order valence-corrected chi connectivity index (χ4v) is 3.75. The molecule has 1 aliphatic carbocycles. The Morgan fingerprint density at radius 3 is 3.05 bits per heavy atom. The third kappa shape index (κ3) is 3.05. The number of anilines is 1. The number of nitriles is 1. The SMILES string of the molecule is CCNC(=O)OC[C@H]1CCc2c(sc(NC)c2C#N)C1. The summed E-state index contributed by atoms with van der Waals surface area (Å²) in [5.74, 6) is 0.347. The Morgan fingerprint density at radius 2 is 2.40 bits per heavy atom. The molecule has 2 N–H and O–H groups in total. The van der Waals surface area contributed by atoms with Crippen molar-refractivity contribution in [3.63, 3.8) is 0 Å². The van der Waals surface area contributed by atoms with Crippen LogP contribution in [0.4, 0.5) is 9.80 Å². The molecule has 0 saturated heterocycles. The lowest BCUT2D eigenvalue weighted by molar-refractivity contribution is 0.123. The normalized spacial score (nSPS) is 16.9. The first-order chi connectivity index (χ1) is 9.69. The second kappa shape index (κ2) is 6.62. The summed E-state index contributed by atoms with van der Waals surface area (Å²) in [6.45, 7) is 2.89. The number of ether oxygens (including phenoxy) is 1. The van der Waals surface area contributed by atoms with E-state index in [9.17, 15) is 10.1 Å². The molecule has 108 valence electrons. The number of carbonyl (C=O) groups is 1. The Labute approximate surface area is 122 Å². The van der Waals surface area contributed by atoms with Gasteiger partial charge in [0.15, 0.2) is 0 Å². The Morgan fingerprint density at radius 1 is 1.60 bits per heavy atom. The average molecular weight is 293 g/mol. The van der Waals surface area contributed by atoms with Crippen LogP contribution in [0, 0.1) is 17.2 Å². The Bertz CT molecular complexity index is 533. The van der Waals surface area contributed by atoms with Crippen molar-refractivity contribution in [3.05, 3.63) is 16.0 Å². The van der Waals surface area contributed by atoms with E-state index in [0.717, 1.165) is 29.8 Å². The van der Waals surface area contributed by atoms with Gasteiger partial charge in [0.1, 0.15) is 11.1 Å². The van der Waals surface area contributed by atoms with Crippen molar-refractivity contribution in [1.82, 2.24) is 5.32 Å². The zero-order valence-corrected chi connectivity index (χ0v) is 12.6. The zero-order valence-electron chi connectivity index (χ0n) is 11.8. The molecule has 0 aromatic carbocycles. The van der Waals surface area contributed by atoms with Gasteiger partial charge >= 0.3 is 6.09 Å². The van der Waals surface area contributed by atoms with Gasteiger partial charge in [-0.1, -0.05) is 0 Å². The van der Waals surface area contributed by atoms with E-state index >= 15 is 0 Å². The first kappa shape index (κ1) is 14.7. The van der Waals surface area contributed by atoms with Crippen molar-refractivity contribution in [2.75, 3.05) is 25.5 Å². The Balaban J connectivity index is 1.99. The standard InChI is InChI=1S/C14H19N3O2S/c1-3-17-14(18)19-8-9-4-5-10-11(7-15)13(16-2)20-12(10)6-9/h9,16H,3-6,8H2,1-2H3,(H,17,18)/t9-/m0/s1. The highest BCUT2D eigenvalue weighted by Crippen LogP contribution is 2.39. The molecule has 0 aliphatic heterocycles. The lowest BCUT2D eigenvalue weighted by Gasteiger charge is -2.21. The van der Waals surface area contributed by atoms with E-state index in [0.29, 0.717) is 19.1 Å². The number of fused-ring (bicyclic) bond motifs is 1. The third-order valence-corrected chi connectivity index (χ3v) is 4.75. The molecule has 1 aromatic rings. The summed E-state index contributed by atoms with van der Waals surface area (Å²) in [4.78, 5) is 12.5. The molecule has 2 rings (SSSR count). The summed E-state index contributed by atoms with van der Waals surface area (Å²) in [5.41, 5.74) is 1.96. The number of nitrogens with one attached hydrogen (secondary N) is 2. The number of hydrogen-bond donors (Lipinski definition) is 2. The van der Waals surface area contributed by atoms with Gasteiger partial charge in [-0.25, -0.2) is 4.79 Å². The highest BCUT2D eigenvalue weighted by atomic mass is 32.1. The van der Waals surface area contributed by atoms with Gasteiger partial charge in [-0.3, -0.25) is 0 Å². The van der Waals surface area contributed by atoms with Crippen LogP contribution in [-0.4, -0.2) is 26.3 Å². The minimum absolute atomic E-state index is 0.347. The number of nitrogens with zero attached hydrogens (tertiary/aromatic N) is 1. The molecule has 6 heteroatoms. The number of thiophene rings is 1. The van der Waals surface area contributed by atoms with Gasteiger partial charge in [-0.05, 0) is 37.7 Å². The lowest BCUT2D eigenvalue weighted by Crippen LogP contribution is -2.27. The smallest absolute Gasteiger partial charge is 0.407 e. The van der Waals surface area contributed by atoms with Gasteiger partial charge in [0.2, 0.25) is 0 Å². The maximum absolute atomic E-state index is 11.3. The van der Waals surface area contributed by atoms with E-state index in [4.69, 9.17) is 4.74 Å². The van der Waals surface area contributed by atoms with Crippen LogP contribution in [0.3, 0.4) is 0 Å². The minimum Gasteiger partial charge on any atom is -0.449 e. The van der Waals surface area contributed by atoms with Gasteiger partial charge in [0.25, 0.3) is 0 Å². The fraction of sp³-hybridized carbons (Fsp3) is 0.571. The van der Waals surface area contributed by atoms with E-state index < -0.39 is 0 Å². The van der Waals surface area contributed by atoms with Gasteiger partial charge in [0.05, 0.1) is 12.2 Å². The molecule has 0 bridgehead atoms. The zero-order chi connectivity index (χ0) is 14.5. The van der Waals surface area contributed by atoms with E-state index in [1.807, 2.05) is 14.0 Å². The number of amides is 1. The topological polar surface area (TPSA) is 74.2 Å². The van der Waals surface area contributed by atoms with Crippen molar-refractivity contribution >= 4 is 22.4 Å². The summed E-state index contributed by atoms with van der Waals surface area (Å²) in [6, 6.07) is 2.29. The second-order valence-corrected chi connectivity index (χ2v) is 5.91. The maximum Gasteiger partial charge on any atom is 0.407 e. The minimum atomic E-state index is -0.349. The van der Waals surface area contributed by atoms with Crippen molar-refractivity contribution < 1.29 is 9.53 Å². The molecule has 1 aromatic heterocycles. The Kier molecular flexibility index (Phi) is 4.85. The number of carbonyl (C=O) groups excluding carboxylic acids is 1. The van der Waals surface area contributed by atoms with Crippen LogP contribution in [-0.2, 0) is 17.6 Å². The largest absolute Gasteiger partial charge is 0.449 e. The number of rotatable bonds is 4. The van der Waals surface area contributed by atoms with E-state index in [1.54, 1.807) is 11.3 Å². The molecule has 1 atom stereocenters. The summed E-state index contributed by atoms with van der Waals surface area (Å²) < 4.78 is 5.20. The van der Waals surface area contributed by atoms with Crippen LogP contribution in [0.5, 0.6) is 0 Å². The van der Waals surface area contributed by atoms with Crippen LogP contribution < -0.4 is 10.6 Å². The van der Waals surface area contributed by atoms with Crippen LogP contribution in [0.15, 0.2) is 0 Å². The maximum atomic E-state index is 11.3. The van der Waals surface area contributed by atoms with E-state index in [1.165, 1.54) is 10.4 Å². The number of alkyl carbamates (subject to hydrolysis) is 1. The van der Waals surface area contributed by atoms with Crippen LogP contribution in [0.2, 0.25) is 0 Å². The highest BCUT2D eigenvalue weighted by molar-refractivity contribution is 7.16. The van der Waals surface area contributed by atoms with Crippen molar-refractivity contribution in [1.29, 1.82) is 5.26 Å². The first-order valence-corrected chi connectivity index (χ1v) is 7.64. The van der Waals surface area contributed by atoms with Crippen LogP contribution in [0.25, 0.3) is 0 Å². The third-order valence-electron chi connectivity index (χ3n) is 3.48. The van der Waals surface area contributed by atoms with Gasteiger partial charge < -0.3 is 15.4 Å². The summed E-state index contributed by atoms with van der Waals surface area (Å²) in [5, 5.41) is 15.9. The predicted molar refractivity (Wildman–Crippen MR) is 79.1 cm³/mol. The second-order valence-electron chi connectivity index (χ2n) is 4.81. The summed E-state index contributed by atoms with van der Waals surface area (Å²) in [7, 11) is 1.84. The molecule has 0 unspecified atom stereocenters. The van der Waals surface area contributed by atoms with E-state index in [-0.39, 0.29) is 6.09 Å². The highest BCUT2D eigenvalue weighted by Gasteiger charge is 2.26. The lowest BCUT2D eigenvalue weighted by atomic mass is 9.88. The first-order valence-electron chi connectivity index (χ1n) is 6.82. The van der Waals surface area contributed by atoms with Gasteiger partial charge in [-0.15, -0.1) is 11.3 Å². The molecule has 0 saturated carbocycles. The molecule has 1 heterocycles. The average Bonchev–Trinajstić information content (AvgIpc) is 2.82. The van der Waals surface area contributed by atoms with E-state index in [2.05, 4.69) is 16.7 Å². The molecular formula is C14H19N3O2S. The monoisotopic (exact) mass is 293 g/mol. The molecule has 1 aliphatic rings. The van der Waals surface area contributed by atoms with Crippen LogP contribution in [0.1, 0.15) is 29.3 Å². The van der Waals surface area contributed by atoms with Crippen molar-refractivity contribution in [3.8, 4) is 6.07 Å².